The van der Waals surface area contributed by atoms with E-state index in [1.165, 1.54) is 0 Å². The Bertz CT molecular complexity index is 206. The van der Waals surface area contributed by atoms with Crippen molar-refractivity contribution in [1.29, 1.82) is 0 Å². The van der Waals surface area contributed by atoms with Gasteiger partial charge in [-0.25, -0.2) is 0 Å². The van der Waals surface area contributed by atoms with Crippen LogP contribution in [0.3, 0.4) is 0 Å². The minimum Gasteiger partial charge on any atom is -0.398 e. The van der Waals surface area contributed by atoms with E-state index in [2.05, 4.69) is 19.7 Å². The molecule has 86 valence electrons. The minimum absolute atomic E-state index is 0.136. The molecule has 0 rings (SSSR count). The molecule has 0 aliphatic heterocycles. The lowest BCUT2D eigenvalue weighted by atomic mass is 10.2. The Morgan fingerprint density at radius 3 is 2.00 bits per heavy atom. The Balaban J connectivity index is 4.37. The van der Waals surface area contributed by atoms with Crippen molar-refractivity contribution in [3.63, 3.8) is 0 Å². The fourth-order valence-corrected chi connectivity index (χ4v) is 3.14. The Hall–Kier alpha value is -0.643. The maximum Gasteiger partial charge on any atom is 0.338 e. The average molecular weight is 226 g/mol. The molecule has 0 saturated carbocycles. The van der Waals surface area contributed by atoms with Gasteiger partial charge in [-0.15, -0.1) is 19.7 Å². The van der Waals surface area contributed by atoms with Crippen LogP contribution in [0.1, 0.15) is 12.8 Å². The fraction of sp³-hybridized carbons (Fsp3) is 0.500. The maximum atomic E-state index is 6.01. The molecule has 0 aliphatic carbocycles. The number of allylic oxidation sites excluding steroid dienone is 1. The second-order valence-electron chi connectivity index (χ2n) is 3.62. The SMILES string of the molecule is C=CCC(CC=C)O[Si](C)(CC=C)OC. The van der Waals surface area contributed by atoms with Crippen molar-refractivity contribution in [3.8, 4) is 0 Å². The number of hydrogen-bond donors (Lipinski definition) is 0. The van der Waals surface area contributed by atoms with E-state index in [-0.39, 0.29) is 6.10 Å². The molecular formula is C12H22O2Si. The molecule has 1 unspecified atom stereocenters. The normalized spacial score (nSPS) is 14.6. The molecule has 1 atom stereocenters. The molecule has 15 heavy (non-hydrogen) atoms. The predicted molar refractivity (Wildman–Crippen MR) is 68.1 cm³/mol. The second kappa shape index (κ2) is 7.62. The molecule has 0 aromatic rings. The van der Waals surface area contributed by atoms with Crippen molar-refractivity contribution in [2.45, 2.75) is 31.5 Å². The van der Waals surface area contributed by atoms with Crippen LogP contribution in [-0.2, 0) is 8.85 Å². The topological polar surface area (TPSA) is 18.5 Å². The van der Waals surface area contributed by atoms with Gasteiger partial charge in [0.15, 0.2) is 0 Å². The van der Waals surface area contributed by atoms with Crippen LogP contribution in [0.2, 0.25) is 12.6 Å². The van der Waals surface area contributed by atoms with Gasteiger partial charge in [-0.2, -0.15) is 0 Å². The monoisotopic (exact) mass is 226 g/mol. The minimum atomic E-state index is -2.07. The second-order valence-corrected chi connectivity index (χ2v) is 6.94. The molecule has 0 heterocycles. The third kappa shape index (κ3) is 5.72. The summed E-state index contributed by atoms with van der Waals surface area (Å²) in [5.74, 6) is 0. The number of hydrogen-bond acceptors (Lipinski definition) is 2. The highest BCUT2D eigenvalue weighted by Crippen LogP contribution is 2.19. The molecule has 0 aromatic carbocycles. The lowest BCUT2D eigenvalue weighted by Gasteiger charge is -2.28. The fourth-order valence-electron chi connectivity index (χ4n) is 1.36. The predicted octanol–water partition coefficient (Wildman–Crippen LogP) is 3.43. The van der Waals surface area contributed by atoms with Crippen molar-refractivity contribution in [1.82, 2.24) is 0 Å². The molecule has 0 radical (unpaired) electrons. The van der Waals surface area contributed by atoms with Crippen molar-refractivity contribution >= 4 is 8.56 Å². The van der Waals surface area contributed by atoms with Crippen LogP contribution in [0, 0.1) is 0 Å². The summed E-state index contributed by atoms with van der Waals surface area (Å²) in [5.41, 5.74) is 0. The van der Waals surface area contributed by atoms with E-state index in [0.29, 0.717) is 0 Å². The summed E-state index contributed by atoms with van der Waals surface area (Å²) in [4.78, 5) is 0. The summed E-state index contributed by atoms with van der Waals surface area (Å²) in [6.45, 7) is 13.2. The van der Waals surface area contributed by atoms with Crippen molar-refractivity contribution < 1.29 is 8.85 Å². The quantitative estimate of drug-likeness (QED) is 0.443. The van der Waals surface area contributed by atoms with Crippen LogP contribution in [-0.4, -0.2) is 21.8 Å². The van der Waals surface area contributed by atoms with Gasteiger partial charge in [0.05, 0.1) is 6.10 Å². The van der Waals surface area contributed by atoms with E-state index in [0.717, 1.165) is 18.9 Å². The van der Waals surface area contributed by atoms with Gasteiger partial charge in [-0.1, -0.05) is 18.2 Å². The first-order chi connectivity index (χ1) is 7.11. The Kier molecular flexibility index (Phi) is 7.30. The van der Waals surface area contributed by atoms with Gasteiger partial charge in [-0.05, 0) is 19.4 Å². The average Bonchev–Trinajstić information content (AvgIpc) is 2.19. The molecule has 0 spiro atoms. The van der Waals surface area contributed by atoms with Crippen LogP contribution in [0.5, 0.6) is 0 Å². The summed E-state index contributed by atoms with van der Waals surface area (Å²) in [6.07, 6.45) is 7.38. The third-order valence-corrected chi connectivity index (χ3v) is 4.95. The highest BCUT2D eigenvalue weighted by atomic mass is 28.4. The van der Waals surface area contributed by atoms with E-state index in [9.17, 15) is 0 Å². The molecular weight excluding hydrogens is 204 g/mol. The van der Waals surface area contributed by atoms with Gasteiger partial charge < -0.3 is 8.85 Å². The standard InChI is InChI=1S/C12H22O2Si/c1-6-9-12(10-7-2)14-15(5,13-4)11-8-3/h6-8,12H,1-3,9-11H2,4-5H3. The van der Waals surface area contributed by atoms with E-state index >= 15 is 0 Å². The first-order valence-electron chi connectivity index (χ1n) is 5.17. The lowest BCUT2D eigenvalue weighted by molar-refractivity contribution is 0.138. The molecule has 0 bridgehead atoms. The van der Waals surface area contributed by atoms with Crippen LogP contribution in [0.15, 0.2) is 38.0 Å². The zero-order valence-electron chi connectivity index (χ0n) is 9.87. The van der Waals surface area contributed by atoms with Crippen molar-refractivity contribution in [3.05, 3.63) is 38.0 Å². The van der Waals surface area contributed by atoms with Crippen LogP contribution < -0.4 is 0 Å². The van der Waals surface area contributed by atoms with Gasteiger partial charge in [0.25, 0.3) is 0 Å². The highest BCUT2D eigenvalue weighted by molar-refractivity contribution is 6.66. The third-order valence-electron chi connectivity index (χ3n) is 2.22. The summed E-state index contributed by atoms with van der Waals surface area (Å²) < 4.78 is 11.5. The Labute approximate surface area is 94.5 Å². The lowest BCUT2D eigenvalue weighted by Crippen LogP contribution is -2.40. The van der Waals surface area contributed by atoms with Crippen LogP contribution >= 0.6 is 0 Å². The summed E-state index contributed by atoms with van der Waals surface area (Å²) in [6, 6.07) is 0.800. The van der Waals surface area contributed by atoms with E-state index in [1.54, 1.807) is 7.11 Å². The van der Waals surface area contributed by atoms with Gasteiger partial charge >= 0.3 is 8.56 Å². The molecule has 0 amide bonds. The molecule has 3 heteroatoms. The van der Waals surface area contributed by atoms with Gasteiger partial charge in [0.2, 0.25) is 0 Å². The van der Waals surface area contributed by atoms with E-state index in [1.807, 2.05) is 24.8 Å². The maximum absolute atomic E-state index is 6.01. The first kappa shape index (κ1) is 14.4. The zero-order valence-corrected chi connectivity index (χ0v) is 10.9. The van der Waals surface area contributed by atoms with Gasteiger partial charge in [0, 0.05) is 13.2 Å². The molecule has 0 aliphatic rings. The first-order valence-corrected chi connectivity index (χ1v) is 7.70. The zero-order chi connectivity index (χ0) is 11.7. The van der Waals surface area contributed by atoms with Crippen molar-refractivity contribution in [2.75, 3.05) is 7.11 Å². The Morgan fingerprint density at radius 1 is 1.13 bits per heavy atom. The van der Waals surface area contributed by atoms with Gasteiger partial charge in [-0.3, -0.25) is 0 Å². The number of rotatable bonds is 9. The van der Waals surface area contributed by atoms with E-state index in [4.69, 9.17) is 8.85 Å². The summed E-state index contributed by atoms with van der Waals surface area (Å²) in [5, 5.41) is 0. The van der Waals surface area contributed by atoms with Gasteiger partial charge in [0.1, 0.15) is 0 Å². The van der Waals surface area contributed by atoms with Crippen LogP contribution in [0.25, 0.3) is 0 Å². The molecule has 0 aromatic heterocycles. The molecule has 0 fully saturated rings. The molecule has 0 saturated heterocycles. The van der Waals surface area contributed by atoms with Crippen LogP contribution in [0.4, 0.5) is 0 Å². The largest absolute Gasteiger partial charge is 0.398 e. The Morgan fingerprint density at radius 2 is 1.67 bits per heavy atom. The smallest absolute Gasteiger partial charge is 0.338 e. The highest BCUT2D eigenvalue weighted by Gasteiger charge is 2.31. The van der Waals surface area contributed by atoms with Crippen molar-refractivity contribution in [2.24, 2.45) is 0 Å². The molecule has 2 nitrogen and oxygen atoms in total. The molecule has 0 N–H and O–H groups in total. The summed E-state index contributed by atoms with van der Waals surface area (Å²) in [7, 11) is -0.372. The van der Waals surface area contributed by atoms with E-state index < -0.39 is 8.56 Å². The summed E-state index contributed by atoms with van der Waals surface area (Å²) >= 11 is 0.